The normalized spacial score (nSPS) is 25.2. The number of rotatable bonds is 3. The minimum Gasteiger partial charge on any atom is -0.300 e. The minimum absolute atomic E-state index is 0.124. The fourth-order valence-electron chi connectivity index (χ4n) is 2.62. The van der Waals surface area contributed by atoms with E-state index in [1.807, 2.05) is 12.1 Å². The molecule has 0 radical (unpaired) electrons. The first-order valence-corrected chi connectivity index (χ1v) is 8.07. The lowest BCUT2D eigenvalue weighted by atomic mass is 10.00. The van der Waals surface area contributed by atoms with E-state index >= 15 is 0 Å². The van der Waals surface area contributed by atoms with Crippen LogP contribution in [0, 0.1) is 5.82 Å². The predicted octanol–water partition coefficient (Wildman–Crippen LogP) is 2.77. The summed E-state index contributed by atoms with van der Waals surface area (Å²) < 4.78 is 24.7. The van der Waals surface area contributed by atoms with E-state index in [0.717, 1.165) is 31.0 Å². The standard InChI is InChI=1S/C15H22FNOS/c1-12(13-4-6-14(16)7-5-13)10-17-8-9-19(18)15(2,3)11-17/h4-7,12H,8-11H2,1-3H3/t12-,19-/m0/s1. The van der Waals surface area contributed by atoms with Crippen molar-refractivity contribution in [3.05, 3.63) is 35.6 Å². The molecule has 0 N–H and O–H groups in total. The summed E-state index contributed by atoms with van der Waals surface area (Å²) in [6, 6.07) is 6.74. The molecule has 19 heavy (non-hydrogen) atoms. The maximum atomic E-state index is 12.9. The van der Waals surface area contributed by atoms with Gasteiger partial charge in [0.25, 0.3) is 0 Å². The van der Waals surface area contributed by atoms with Gasteiger partial charge in [0.15, 0.2) is 0 Å². The van der Waals surface area contributed by atoms with Crippen molar-refractivity contribution in [3.63, 3.8) is 0 Å². The lowest BCUT2D eigenvalue weighted by Gasteiger charge is -2.38. The second-order valence-electron chi connectivity index (χ2n) is 6.00. The van der Waals surface area contributed by atoms with Crippen LogP contribution in [-0.2, 0) is 10.8 Å². The van der Waals surface area contributed by atoms with E-state index in [4.69, 9.17) is 0 Å². The first-order valence-electron chi connectivity index (χ1n) is 6.75. The number of hydrogen-bond donors (Lipinski definition) is 0. The molecule has 1 aliphatic heterocycles. The van der Waals surface area contributed by atoms with Crippen molar-refractivity contribution in [2.75, 3.05) is 25.4 Å². The predicted molar refractivity (Wildman–Crippen MR) is 78.3 cm³/mol. The van der Waals surface area contributed by atoms with Gasteiger partial charge in [0.1, 0.15) is 5.82 Å². The van der Waals surface area contributed by atoms with E-state index in [9.17, 15) is 8.60 Å². The minimum atomic E-state index is -0.725. The Kier molecular flexibility index (Phi) is 4.41. The lowest BCUT2D eigenvalue weighted by Crippen LogP contribution is -2.50. The van der Waals surface area contributed by atoms with Crippen molar-refractivity contribution in [2.24, 2.45) is 0 Å². The Labute approximate surface area is 117 Å². The smallest absolute Gasteiger partial charge is 0.123 e. The highest BCUT2D eigenvalue weighted by molar-refractivity contribution is 7.86. The molecule has 1 aromatic carbocycles. The van der Waals surface area contributed by atoms with Crippen molar-refractivity contribution in [1.82, 2.24) is 4.90 Å². The Morgan fingerprint density at radius 1 is 1.37 bits per heavy atom. The van der Waals surface area contributed by atoms with Crippen molar-refractivity contribution in [2.45, 2.75) is 31.4 Å². The van der Waals surface area contributed by atoms with Crippen LogP contribution in [0.2, 0.25) is 0 Å². The van der Waals surface area contributed by atoms with Crippen LogP contribution in [0.4, 0.5) is 4.39 Å². The molecule has 2 nitrogen and oxygen atoms in total. The Bertz CT molecular complexity index is 458. The molecule has 1 saturated heterocycles. The monoisotopic (exact) mass is 283 g/mol. The van der Waals surface area contributed by atoms with Crippen molar-refractivity contribution in [3.8, 4) is 0 Å². The Morgan fingerprint density at radius 2 is 2.00 bits per heavy atom. The van der Waals surface area contributed by atoms with Crippen LogP contribution in [-0.4, -0.2) is 39.2 Å². The number of nitrogens with zero attached hydrogens (tertiary/aromatic N) is 1. The van der Waals surface area contributed by atoms with Crippen LogP contribution in [0.15, 0.2) is 24.3 Å². The summed E-state index contributed by atoms with van der Waals surface area (Å²) in [4.78, 5) is 2.37. The SMILES string of the molecule is C[C@@H](CN1CC[S@](=O)C(C)(C)C1)c1ccc(F)cc1. The zero-order valence-electron chi connectivity index (χ0n) is 11.9. The maximum Gasteiger partial charge on any atom is 0.123 e. The molecule has 2 atom stereocenters. The quantitative estimate of drug-likeness (QED) is 0.850. The second-order valence-corrected chi connectivity index (χ2v) is 8.20. The molecule has 1 fully saturated rings. The third-order valence-corrected chi connectivity index (χ3v) is 5.70. The molecule has 0 unspecified atom stereocenters. The maximum absolute atomic E-state index is 12.9. The molecule has 106 valence electrons. The lowest BCUT2D eigenvalue weighted by molar-refractivity contribution is 0.244. The number of hydrogen-bond acceptors (Lipinski definition) is 2. The van der Waals surface area contributed by atoms with Gasteiger partial charge in [-0.3, -0.25) is 4.21 Å². The molecule has 1 heterocycles. The van der Waals surface area contributed by atoms with E-state index < -0.39 is 10.8 Å². The zero-order valence-corrected chi connectivity index (χ0v) is 12.7. The molecule has 0 saturated carbocycles. The van der Waals surface area contributed by atoms with Gasteiger partial charge in [-0.1, -0.05) is 19.1 Å². The average molecular weight is 283 g/mol. The van der Waals surface area contributed by atoms with Crippen LogP contribution >= 0.6 is 0 Å². The summed E-state index contributed by atoms with van der Waals surface area (Å²) in [5, 5.41) is 0. The van der Waals surface area contributed by atoms with Crippen LogP contribution < -0.4 is 0 Å². The van der Waals surface area contributed by atoms with Gasteiger partial charge in [-0.05, 0) is 37.5 Å². The largest absolute Gasteiger partial charge is 0.300 e. The van der Waals surface area contributed by atoms with E-state index in [2.05, 4.69) is 25.7 Å². The molecule has 0 spiro atoms. The fourth-order valence-corrected chi connectivity index (χ4v) is 3.92. The summed E-state index contributed by atoms with van der Waals surface area (Å²) in [6.07, 6.45) is 0. The first-order chi connectivity index (χ1) is 8.88. The van der Waals surface area contributed by atoms with Gasteiger partial charge in [-0.15, -0.1) is 0 Å². The van der Waals surface area contributed by atoms with E-state index in [1.165, 1.54) is 12.1 Å². The number of halogens is 1. The van der Waals surface area contributed by atoms with Gasteiger partial charge in [-0.2, -0.15) is 0 Å². The first kappa shape index (κ1) is 14.7. The van der Waals surface area contributed by atoms with Gasteiger partial charge in [-0.25, -0.2) is 4.39 Å². The van der Waals surface area contributed by atoms with Gasteiger partial charge >= 0.3 is 0 Å². The van der Waals surface area contributed by atoms with Crippen molar-refractivity contribution < 1.29 is 8.60 Å². The molecular weight excluding hydrogens is 261 g/mol. The molecule has 0 aromatic heterocycles. The Morgan fingerprint density at radius 3 is 2.58 bits per heavy atom. The number of benzene rings is 1. The van der Waals surface area contributed by atoms with Gasteiger partial charge in [0, 0.05) is 36.2 Å². The molecule has 2 rings (SSSR count). The van der Waals surface area contributed by atoms with E-state index in [-0.39, 0.29) is 10.6 Å². The molecule has 1 aromatic rings. The second kappa shape index (κ2) is 5.71. The van der Waals surface area contributed by atoms with Crippen molar-refractivity contribution >= 4 is 10.8 Å². The molecule has 4 heteroatoms. The Balaban J connectivity index is 1.98. The van der Waals surface area contributed by atoms with Gasteiger partial charge in [0.2, 0.25) is 0 Å². The summed E-state index contributed by atoms with van der Waals surface area (Å²) in [5.74, 6) is 0.928. The molecular formula is C15H22FNOS. The van der Waals surface area contributed by atoms with Gasteiger partial charge < -0.3 is 4.90 Å². The summed E-state index contributed by atoms with van der Waals surface area (Å²) in [7, 11) is -0.725. The fraction of sp³-hybridized carbons (Fsp3) is 0.600. The Hall–Kier alpha value is -0.740. The average Bonchev–Trinajstić information content (AvgIpc) is 2.34. The third kappa shape index (κ3) is 3.63. The van der Waals surface area contributed by atoms with Crippen LogP contribution in [0.5, 0.6) is 0 Å². The van der Waals surface area contributed by atoms with Gasteiger partial charge in [0.05, 0.1) is 4.75 Å². The van der Waals surface area contributed by atoms with Crippen LogP contribution in [0.3, 0.4) is 0 Å². The van der Waals surface area contributed by atoms with E-state index in [0.29, 0.717) is 5.92 Å². The highest BCUT2D eigenvalue weighted by atomic mass is 32.2. The van der Waals surface area contributed by atoms with Crippen LogP contribution in [0.25, 0.3) is 0 Å². The zero-order chi connectivity index (χ0) is 14.0. The molecule has 1 aliphatic rings. The molecule has 0 bridgehead atoms. The highest BCUT2D eigenvalue weighted by Gasteiger charge is 2.33. The topological polar surface area (TPSA) is 20.3 Å². The molecule has 0 amide bonds. The summed E-state index contributed by atoms with van der Waals surface area (Å²) >= 11 is 0. The molecule has 0 aliphatic carbocycles. The van der Waals surface area contributed by atoms with Crippen molar-refractivity contribution in [1.29, 1.82) is 0 Å². The summed E-state index contributed by atoms with van der Waals surface area (Å²) in [5.41, 5.74) is 1.16. The van der Waals surface area contributed by atoms with Crippen LogP contribution in [0.1, 0.15) is 32.3 Å². The summed E-state index contributed by atoms with van der Waals surface area (Å²) in [6.45, 7) is 8.99. The third-order valence-electron chi connectivity index (χ3n) is 3.78. The van der Waals surface area contributed by atoms with E-state index in [1.54, 1.807) is 0 Å². The highest BCUT2D eigenvalue weighted by Crippen LogP contribution is 2.23.